The van der Waals surface area contributed by atoms with Crippen LogP contribution in [-0.2, 0) is 32.6 Å². The van der Waals surface area contributed by atoms with E-state index in [1.807, 2.05) is 68.4 Å². The molecule has 2 amide bonds. The molecule has 4 rings (SSSR count). The summed E-state index contributed by atoms with van der Waals surface area (Å²) in [5, 5.41) is 2.93. The summed E-state index contributed by atoms with van der Waals surface area (Å²) in [5.41, 5.74) is 3.00. The molecular formula is C30H35N3O6S. The lowest BCUT2D eigenvalue weighted by Crippen LogP contribution is -2.53. The van der Waals surface area contributed by atoms with Crippen molar-refractivity contribution in [2.75, 3.05) is 30.4 Å². The minimum atomic E-state index is -3.87. The molecule has 1 N–H and O–H groups in total. The first kappa shape index (κ1) is 28.9. The molecule has 3 aromatic carbocycles. The number of fused-ring (bicyclic) bond motifs is 1. The van der Waals surface area contributed by atoms with Crippen LogP contribution >= 0.6 is 0 Å². The van der Waals surface area contributed by atoms with Crippen molar-refractivity contribution in [3.63, 3.8) is 0 Å². The summed E-state index contributed by atoms with van der Waals surface area (Å²) < 4.78 is 37.7. The van der Waals surface area contributed by atoms with Crippen LogP contribution in [0.3, 0.4) is 0 Å². The van der Waals surface area contributed by atoms with Crippen molar-refractivity contribution < 1.29 is 27.5 Å². The molecule has 1 heterocycles. The third-order valence-corrected chi connectivity index (χ3v) is 7.72. The summed E-state index contributed by atoms with van der Waals surface area (Å²) in [6.07, 6.45) is 2.06. The van der Waals surface area contributed by atoms with Gasteiger partial charge in [-0.15, -0.1) is 0 Å². The Kier molecular flexibility index (Phi) is 9.31. The second kappa shape index (κ2) is 12.9. The molecule has 1 aliphatic heterocycles. The van der Waals surface area contributed by atoms with Gasteiger partial charge in [0, 0.05) is 25.6 Å². The van der Waals surface area contributed by atoms with Crippen molar-refractivity contribution in [2.24, 2.45) is 0 Å². The molecule has 0 bridgehead atoms. The van der Waals surface area contributed by atoms with Crippen molar-refractivity contribution in [1.82, 2.24) is 10.2 Å². The van der Waals surface area contributed by atoms with Gasteiger partial charge in [0.1, 0.15) is 12.6 Å². The maximum atomic E-state index is 14.1. The molecule has 10 heteroatoms. The third kappa shape index (κ3) is 7.32. The fraction of sp³-hybridized carbons (Fsp3) is 0.333. The highest BCUT2D eigenvalue weighted by molar-refractivity contribution is 7.92. The highest BCUT2D eigenvalue weighted by Crippen LogP contribution is 2.36. The van der Waals surface area contributed by atoms with Gasteiger partial charge in [-0.05, 0) is 36.6 Å². The van der Waals surface area contributed by atoms with Crippen LogP contribution in [-0.4, -0.2) is 57.3 Å². The Bertz CT molecular complexity index is 1440. The zero-order valence-electron chi connectivity index (χ0n) is 23.0. The molecule has 1 atom stereocenters. The van der Waals surface area contributed by atoms with Gasteiger partial charge in [-0.2, -0.15) is 0 Å². The second-order valence-corrected chi connectivity index (χ2v) is 11.7. The van der Waals surface area contributed by atoms with Crippen LogP contribution in [0.5, 0.6) is 11.5 Å². The van der Waals surface area contributed by atoms with Gasteiger partial charge < -0.3 is 19.7 Å². The number of rotatable bonds is 12. The Morgan fingerprint density at radius 1 is 0.950 bits per heavy atom. The maximum absolute atomic E-state index is 14.1. The lowest BCUT2D eigenvalue weighted by Gasteiger charge is -2.33. The average Bonchev–Trinajstić information content (AvgIpc) is 3.40. The highest BCUT2D eigenvalue weighted by Gasteiger charge is 2.33. The van der Waals surface area contributed by atoms with E-state index in [-0.39, 0.29) is 31.4 Å². The topological polar surface area (TPSA) is 105 Å². The summed E-state index contributed by atoms with van der Waals surface area (Å²) in [5.74, 6) is 0.106. The Hall–Kier alpha value is -4.05. The Morgan fingerprint density at radius 3 is 2.38 bits per heavy atom. The van der Waals surface area contributed by atoms with Crippen LogP contribution in [0.4, 0.5) is 5.69 Å². The normalized spacial score (nSPS) is 13.0. The fourth-order valence-electron chi connectivity index (χ4n) is 4.58. The van der Waals surface area contributed by atoms with Crippen LogP contribution < -0.4 is 19.1 Å². The molecule has 9 nitrogen and oxygen atoms in total. The molecule has 3 aromatic rings. The van der Waals surface area contributed by atoms with E-state index in [4.69, 9.17) is 9.47 Å². The molecular weight excluding hydrogens is 530 g/mol. The smallest absolute Gasteiger partial charge is 0.244 e. The summed E-state index contributed by atoms with van der Waals surface area (Å²) in [6.45, 7) is 4.05. The number of benzene rings is 3. The average molecular weight is 566 g/mol. The number of hydrogen-bond acceptors (Lipinski definition) is 6. The number of hydrogen-bond donors (Lipinski definition) is 1. The second-order valence-electron chi connectivity index (χ2n) is 9.81. The fourth-order valence-corrected chi connectivity index (χ4v) is 5.42. The van der Waals surface area contributed by atoms with E-state index in [1.54, 1.807) is 12.1 Å². The van der Waals surface area contributed by atoms with Crippen LogP contribution in [0.2, 0.25) is 0 Å². The van der Waals surface area contributed by atoms with Crippen LogP contribution in [0.1, 0.15) is 30.0 Å². The molecule has 0 radical (unpaired) electrons. The van der Waals surface area contributed by atoms with E-state index in [1.165, 1.54) is 11.0 Å². The quantitative estimate of drug-likeness (QED) is 0.360. The molecule has 0 saturated carbocycles. The third-order valence-electron chi connectivity index (χ3n) is 6.58. The van der Waals surface area contributed by atoms with Crippen LogP contribution in [0.25, 0.3) is 0 Å². The van der Waals surface area contributed by atoms with E-state index in [0.717, 1.165) is 33.7 Å². The molecule has 1 aliphatic rings. The molecule has 0 fully saturated rings. The molecule has 0 aromatic heterocycles. The molecule has 212 valence electrons. The molecule has 0 aliphatic carbocycles. The Balaban J connectivity index is 1.72. The standard InChI is InChI=1S/C30H35N3O6S/c1-4-15-31-30(35)26(17-23-10-6-5-7-11-23)32(19-24-12-8-9-22(2)16-24)29(34)20-33(40(3,36)37)25-13-14-27-28(18-25)39-21-38-27/h5-14,16,18,26H,4,15,17,19-21H2,1-3H3,(H,31,35). The van der Waals surface area contributed by atoms with Crippen molar-refractivity contribution >= 4 is 27.5 Å². The summed E-state index contributed by atoms with van der Waals surface area (Å²) in [4.78, 5) is 29.1. The van der Waals surface area contributed by atoms with Crippen molar-refractivity contribution in [2.45, 2.75) is 39.3 Å². The first-order chi connectivity index (χ1) is 19.2. The van der Waals surface area contributed by atoms with Gasteiger partial charge in [-0.25, -0.2) is 8.42 Å². The number of nitrogens with one attached hydrogen (secondary N) is 1. The summed E-state index contributed by atoms with van der Waals surface area (Å²) >= 11 is 0. The van der Waals surface area contributed by atoms with Gasteiger partial charge in [0.15, 0.2) is 11.5 Å². The number of ether oxygens (including phenoxy) is 2. The molecule has 0 spiro atoms. The number of aryl methyl sites for hydroxylation is 1. The van der Waals surface area contributed by atoms with Gasteiger partial charge in [-0.3, -0.25) is 13.9 Å². The van der Waals surface area contributed by atoms with Crippen LogP contribution in [0.15, 0.2) is 72.8 Å². The van der Waals surface area contributed by atoms with E-state index in [2.05, 4.69) is 5.32 Å². The molecule has 1 unspecified atom stereocenters. The van der Waals surface area contributed by atoms with Gasteiger partial charge in [0.05, 0.1) is 11.9 Å². The van der Waals surface area contributed by atoms with Crippen LogP contribution in [0, 0.1) is 6.92 Å². The zero-order valence-corrected chi connectivity index (χ0v) is 23.8. The van der Waals surface area contributed by atoms with Gasteiger partial charge in [0.2, 0.25) is 28.6 Å². The first-order valence-electron chi connectivity index (χ1n) is 13.2. The minimum absolute atomic E-state index is 0.0366. The molecule has 40 heavy (non-hydrogen) atoms. The number of sulfonamides is 1. The maximum Gasteiger partial charge on any atom is 0.244 e. The number of carbonyl (C=O) groups excluding carboxylic acids is 2. The Morgan fingerprint density at radius 2 is 1.68 bits per heavy atom. The summed E-state index contributed by atoms with van der Waals surface area (Å²) in [7, 11) is -3.87. The lowest BCUT2D eigenvalue weighted by molar-refractivity contribution is -0.140. The van der Waals surface area contributed by atoms with E-state index in [9.17, 15) is 18.0 Å². The number of carbonyl (C=O) groups is 2. The number of amides is 2. The predicted molar refractivity (Wildman–Crippen MR) is 154 cm³/mol. The van der Waals surface area contributed by atoms with Crippen molar-refractivity contribution in [3.8, 4) is 11.5 Å². The zero-order chi connectivity index (χ0) is 28.7. The summed E-state index contributed by atoms with van der Waals surface area (Å²) in [6, 6.07) is 21.0. The van der Waals surface area contributed by atoms with Gasteiger partial charge in [0.25, 0.3) is 0 Å². The minimum Gasteiger partial charge on any atom is -0.454 e. The largest absolute Gasteiger partial charge is 0.454 e. The monoisotopic (exact) mass is 565 g/mol. The molecule has 0 saturated heterocycles. The van der Waals surface area contributed by atoms with E-state index < -0.39 is 28.5 Å². The Labute approximate surface area is 235 Å². The first-order valence-corrected chi connectivity index (χ1v) is 15.0. The van der Waals surface area contributed by atoms with E-state index >= 15 is 0 Å². The van der Waals surface area contributed by atoms with Gasteiger partial charge >= 0.3 is 0 Å². The van der Waals surface area contributed by atoms with Gasteiger partial charge in [-0.1, -0.05) is 67.1 Å². The number of anilines is 1. The number of nitrogens with zero attached hydrogens (tertiary/aromatic N) is 2. The highest BCUT2D eigenvalue weighted by atomic mass is 32.2. The predicted octanol–water partition coefficient (Wildman–Crippen LogP) is 3.66. The van der Waals surface area contributed by atoms with Crippen molar-refractivity contribution in [1.29, 1.82) is 0 Å². The SMILES string of the molecule is CCCNC(=O)C(Cc1ccccc1)N(Cc1cccc(C)c1)C(=O)CN(c1ccc2c(c1)OCO2)S(C)(=O)=O. The lowest BCUT2D eigenvalue weighted by atomic mass is 10.0. The van der Waals surface area contributed by atoms with E-state index in [0.29, 0.717) is 18.0 Å². The van der Waals surface area contributed by atoms with Crippen molar-refractivity contribution in [3.05, 3.63) is 89.5 Å².